The van der Waals surface area contributed by atoms with Crippen molar-refractivity contribution in [1.82, 2.24) is 0 Å². The number of rotatable bonds is 5. The van der Waals surface area contributed by atoms with Crippen LogP contribution >= 0.6 is 0 Å². The number of carbonyl (C=O) groups is 1. The standard InChI is InChI=1S/C9H13NO2/c1-3-5-7(4-2)6-8(10)9(11)12/h3-5,8H,1-2,6,10H2,(H,11,12)/b7-5+/t8-/m0/s1. The van der Waals surface area contributed by atoms with Gasteiger partial charge in [-0.15, -0.1) is 0 Å². The summed E-state index contributed by atoms with van der Waals surface area (Å²) >= 11 is 0. The molecule has 0 heterocycles. The van der Waals surface area contributed by atoms with E-state index in [0.29, 0.717) is 0 Å². The topological polar surface area (TPSA) is 63.3 Å². The quantitative estimate of drug-likeness (QED) is 0.602. The third kappa shape index (κ3) is 3.73. The van der Waals surface area contributed by atoms with Crippen molar-refractivity contribution in [3.63, 3.8) is 0 Å². The summed E-state index contributed by atoms with van der Waals surface area (Å²) < 4.78 is 0. The maximum Gasteiger partial charge on any atom is 0.320 e. The molecule has 0 fully saturated rings. The van der Waals surface area contributed by atoms with Gasteiger partial charge in [-0.05, 0) is 12.0 Å². The van der Waals surface area contributed by atoms with Crippen LogP contribution in [0.2, 0.25) is 0 Å². The van der Waals surface area contributed by atoms with Crippen LogP contribution in [0, 0.1) is 0 Å². The minimum atomic E-state index is -1.01. The van der Waals surface area contributed by atoms with Crippen LogP contribution in [0.4, 0.5) is 0 Å². The van der Waals surface area contributed by atoms with Crippen molar-refractivity contribution in [3.05, 3.63) is 37.0 Å². The normalized spacial score (nSPS) is 13.6. The van der Waals surface area contributed by atoms with Gasteiger partial charge in [-0.2, -0.15) is 0 Å². The maximum absolute atomic E-state index is 10.3. The molecule has 0 spiro atoms. The first-order valence-corrected chi connectivity index (χ1v) is 3.54. The molecule has 0 aromatic carbocycles. The van der Waals surface area contributed by atoms with Crippen molar-refractivity contribution in [1.29, 1.82) is 0 Å². The van der Waals surface area contributed by atoms with Crippen LogP contribution in [0.15, 0.2) is 37.0 Å². The van der Waals surface area contributed by atoms with Gasteiger partial charge in [0.2, 0.25) is 0 Å². The van der Waals surface area contributed by atoms with Crippen molar-refractivity contribution < 1.29 is 9.90 Å². The Balaban J connectivity index is 4.20. The molecule has 3 heteroatoms. The van der Waals surface area contributed by atoms with Gasteiger partial charge in [-0.3, -0.25) is 4.79 Å². The fraction of sp³-hybridized carbons (Fsp3) is 0.222. The fourth-order valence-electron chi connectivity index (χ4n) is 0.712. The van der Waals surface area contributed by atoms with Gasteiger partial charge in [0.1, 0.15) is 6.04 Å². The third-order valence-corrected chi connectivity index (χ3v) is 1.37. The lowest BCUT2D eigenvalue weighted by Crippen LogP contribution is -2.30. The van der Waals surface area contributed by atoms with E-state index in [-0.39, 0.29) is 6.42 Å². The highest BCUT2D eigenvalue weighted by Gasteiger charge is 2.11. The molecule has 0 aromatic heterocycles. The lowest BCUT2D eigenvalue weighted by molar-refractivity contribution is -0.138. The molecule has 66 valence electrons. The minimum absolute atomic E-state index is 0.283. The van der Waals surface area contributed by atoms with Gasteiger partial charge < -0.3 is 10.8 Å². The van der Waals surface area contributed by atoms with E-state index in [4.69, 9.17) is 10.8 Å². The van der Waals surface area contributed by atoms with Crippen LogP contribution in [0.3, 0.4) is 0 Å². The zero-order valence-electron chi connectivity index (χ0n) is 6.86. The SMILES string of the molecule is C=C/C=C(\C=C)C[C@H](N)C(=O)O. The third-order valence-electron chi connectivity index (χ3n) is 1.37. The average Bonchev–Trinajstić information content (AvgIpc) is 2.03. The highest BCUT2D eigenvalue weighted by molar-refractivity contribution is 5.73. The molecule has 0 unspecified atom stereocenters. The Kier molecular flexibility index (Phi) is 4.72. The summed E-state index contributed by atoms with van der Waals surface area (Å²) in [5.41, 5.74) is 6.08. The Morgan fingerprint density at radius 3 is 2.50 bits per heavy atom. The first kappa shape index (κ1) is 10.7. The molecular weight excluding hydrogens is 154 g/mol. The lowest BCUT2D eigenvalue weighted by Gasteiger charge is -2.05. The summed E-state index contributed by atoms with van der Waals surface area (Å²) in [5, 5.41) is 8.48. The van der Waals surface area contributed by atoms with Gasteiger partial charge in [-0.1, -0.05) is 31.4 Å². The van der Waals surface area contributed by atoms with Crippen molar-refractivity contribution in [2.75, 3.05) is 0 Å². The summed E-state index contributed by atoms with van der Waals surface area (Å²) in [6, 6.07) is -0.866. The number of hydrogen-bond acceptors (Lipinski definition) is 2. The summed E-state index contributed by atoms with van der Waals surface area (Å²) in [4.78, 5) is 10.3. The molecule has 1 atom stereocenters. The van der Waals surface area contributed by atoms with E-state index >= 15 is 0 Å². The first-order valence-electron chi connectivity index (χ1n) is 3.54. The molecule has 0 rings (SSSR count). The summed E-state index contributed by atoms with van der Waals surface area (Å²) in [7, 11) is 0. The molecule has 0 aromatic rings. The molecular formula is C9H13NO2. The van der Waals surface area contributed by atoms with E-state index < -0.39 is 12.0 Å². The molecule has 0 saturated carbocycles. The van der Waals surface area contributed by atoms with E-state index in [1.54, 1.807) is 18.2 Å². The van der Waals surface area contributed by atoms with Gasteiger partial charge in [-0.25, -0.2) is 0 Å². The predicted molar refractivity (Wildman–Crippen MR) is 48.7 cm³/mol. The molecule has 0 aliphatic rings. The molecule has 3 N–H and O–H groups in total. The summed E-state index contributed by atoms with van der Waals surface area (Å²) in [6.45, 7) is 7.02. The van der Waals surface area contributed by atoms with Crippen LogP contribution in [-0.4, -0.2) is 17.1 Å². The summed E-state index contributed by atoms with van der Waals surface area (Å²) in [6.07, 6.45) is 5.12. The second kappa shape index (κ2) is 5.32. The molecule has 3 nitrogen and oxygen atoms in total. The summed E-state index contributed by atoms with van der Waals surface area (Å²) in [5.74, 6) is -1.01. The van der Waals surface area contributed by atoms with E-state index in [1.807, 2.05) is 0 Å². The lowest BCUT2D eigenvalue weighted by atomic mass is 10.1. The van der Waals surface area contributed by atoms with Gasteiger partial charge in [0.15, 0.2) is 0 Å². The predicted octanol–water partition coefficient (Wildman–Crippen LogP) is 1.09. The molecule has 0 aliphatic heterocycles. The van der Waals surface area contributed by atoms with Crippen LogP contribution < -0.4 is 5.73 Å². The Morgan fingerprint density at radius 1 is 1.58 bits per heavy atom. The number of carboxylic acid groups (broad SMARTS) is 1. The van der Waals surface area contributed by atoms with Gasteiger partial charge in [0.25, 0.3) is 0 Å². The smallest absolute Gasteiger partial charge is 0.320 e. The number of allylic oxidation sites excluding steroid dienone is 3. The fourth-order valence-corrected chi connectivity index (χ4v) is 0.712. The average molecular weight is 167 g/mol. The molecule has 0 saturated heterocycles. The van der Waals surface area contributed by atoms with Crippen molar-refractivity contribution in [3.8, 4) is 0 Å². The Labute approximate surface area is 71.9 Å². The van der Waals surface area contributed by atoms with Crippen LogP contribution in [0.1, 0.15) is 6.42 Å². The maximum atomic E-state index is 10.3. The monoisotopic (exact) mass is 167 g/mol. The molecule has 0 aliphatic carbocycles. The van der Waals surface area contributed by atoms with Crippen molar-refractivity contribution >= 4 is 5.97 Å². The van der Waals surface area contributed by atoms with Gasteiger partial charge in [0.05, 0.1) is 0 Å². The second-order valence-corrected chi connectivity index (χ2v) is 2.33. The van der Waals surface area contributed by atoms with E-state index in [0.717, 1.165) is 5.57 Å². The van der Waals surface area contributed by atoms with Crippen LogP contribution in [0.5, 0.6) is 0 Å². The Hall–Kier alpha value is -1.35. The largest absolute Gasteiger partial charge is 0.480 e. The Bertz CT molecular complexity index is 219. The molecule has 12 heavy (non-hydrogen) atoms. The van der Waals surface area contributed by atoms with E-state index in [9.17, 15) is 4.79 Å². The molecule has 0 radical (unpaired) electrons. The second-order valence-electron chi connectivity index (χ2n) is 2.33. The van der Waals surface area contributed by atoms with Crippen LogP contribution in [-0.2, 0) is 4.79 Å². The number of carboxylic acids is 1. The minimum Gasteiger partial charge on any atom is -0.480 e. The number of nitrogens with two attached hydrogens (primary N) is 1. The highest BCUT2D eigenvalue weighted by Crippen LogP contribution is 2.05. The molecule has 0 amide bonds. The van der Waals surface area contributed by atoms with Gasteiger partial charge in [0, 0.05) is 0 Å². The van der Waals surface area contributed by atoms with Crippen molar-refractivity contribution in [2.24, 2.45) is 5.73 Å². The zero-order valence-corrected chi connectivity index (χ0v) is 6.86. The van der Waals surface area contributed by atoms with Crippen LogP contribution in [0.25, 0.3) is 0 Å². The first-order chi connectivity index (χ1) is 5.61. The number of aliphatic carboxylic acids is 1. The van der Waals surface area contributed by atoms with Crippen molar-refractivity contribution in [2.45, 2.75) is 12.5 Å². The zero-order chi connectivity index (χ0) is 9.56. The van der Waals surface area contributed by atoms with Gasteiger partial charge >= 0.3 is 5.97 Å². The van der Waals surface area contributed by atoms with E-state index in [1.165, 1.54) is 0 Å². The molecule has 0 bridgehead atoms. The van der Waals surface area contributed by atoms with E-state index in [2.05, 4.69) is 13.2 Å². The number of hydrogen-bond donors (Lipinski definition) is 2. The Morgan fingerprint density at radius 2 is 2.17 bits per heavy atom. The highest BCUT2D eigenvalue weighted by atomic mass is 16.4.